The number of furan rings is 1. The van der Waals surface area contributed by atoms with Crippen LogP contribution < -0.4 is 10.6 Å². The van der Waals surface area contributed by atoms with Crippen molar-refractivity contribution >= 4 is 23.2 Å². The molecule has 27 heavy (non-hydrogen) atoms. The average Bonchev–Trinajstić information content (AvgIpc) is 3.23. The first kappa shape index (κ1) is 19.6. The Morgan fingerprint density at radius 1 is 1.44 bits per heavy atom. The highest BCUT2D eigenvalue weighted by atomic mass is 32.1. The molecule has 1 aliphatic heterocycles. The Bertz CT molecular complexity index is 786. The molecular formula is C19H26N4O3S. The lowest BCUT2D eigenvalue weighted by molar-refractivity contribution is -0.134. The molecule has 0 bridgehead atoms. The minimum absolute atomic E-state index is 0.0991. The number of hydrogen-bond acceptors (Lipinski definition) is 6. The largest absolute Gasteiger partial charge is 0.465 e. The van der Waals surface area contributed by atoms with Gasteiger partial charge in [-0.1, -0.05) is 0 Å². The molecule has 1 atom stereocenters. The number of amides is 2. The number of hydrogen-bond donors (Lipinski definition) is 2. The van der Waals surface area contributed by atoms with Gasteiger partial charge in [0.1, 0.15) is 11.5 Å². The Hall–Kier alpha value is -2.19. The molecular weight excluding hydrogens is 364 g/mol. The molecule has 0 aromatic carbocycles. The summed E-state index contributed by atoms with van der Waals surface area (Å²) in [7, 11) is 0. The van der Waals surface area contributed by atoms with Crippen LogP contribution in [-0.2, 0) is 22.6 Å². The quantitative estimate of drug-likeness (QED) is 0.671. The third-order valence-electron chi connectivity index (χ3n) is 4.53. The summed E-state index contributed by atoms with van der Waals surface area (Å²) < 4.78 is 5.62. The van der Waals surface area contributed by atoms with Crippen molar-refractivity contribution in [2.45, 2.75) is 45.7 Å². The fraction of sp³-hybridized carbons (Fsp3) is 0.526. The topological polar surface area (TPSA) is 87.5 Å². The summed E-state index contributed by atoms with van der Waals surface area (Å²) >= 11 is 1.65. The standard InChI is InChI=1S/C19H26N4O3S/c1-13-12-27-18(22-13)4-3-7-20-17(24)10-16-19(25)21-8-9-23(16)11-15-6-5-14(2)26-15/h5-6,12,16H,3-4,7-11H2,1-2H3,(H,20,24)(H,21,25). The second-order valence-electron chi connectivity index (χ2n) is 6.83. The predicted octanol–water partition coefficient (Wildman–Crippen LogP) is 1.79. The molecule has 1 saturated heterocycles. The zero-order valence-corrected chi connectivity index (χ0v) is 16.6. The van der Waals surface area contributed by atoms with E-state index < -0.39 is 6.04 Å². The molecule has 0 spiro atoms. The van der Waals surface area contributed by atoms with E-state index in [4.69, 9.17) is 4.42 Å². The van der Waals surface area contributed by atoms with Crippen molar-refractivity contribution in [2.24, 2.45) is 0 Å². The van der Waals surface area contributed by atoms with E-state index in [9.17, 15) is 9.59 Å². The summed E-state index contributed by atoms with van der Waals surface area (Å²) in [5.41, 5.74) is 1.04. The van der Waals surface area contributed by atoms with Crippen molar-refractivity contribution in [1.82, 2.24) is 20.5 Å². The molecule has 2 N–H and O–H groups in total. The first-order valence-electron chi connectivity index (χ1n) is 9.26. The second kappa shape index (κ2) is 9.14. The molecule has 1 aliphatic rings. The van der Waals surface area contributed by atoms with Crippen molar-refractivity contribution < 1.29 is 14.0 Å². The van der Waals surface area contributed by atoms with Gasteiger partial charge in [-0.15, -0.1) is 11.3 Å². The summed E-state index contributed by atoms with van der Waals surface area (Å²) in [6, 6.07) is 3.36. The predicted molar refractivity (Wildman–Crippen MR) is 103 cm³/mol. The van der Waals surface area contributed by atoms with Gasteiger partial charge in [0.15, 0.2) is 0 Å². The summed E-state index contributed by atoms with van der Waals surface area (Å²) in [5, 5.41) is 8.90. The molecule has 2 aromatic heterocycles. The normalized spacial score (nSPS) is 17.7. The van der Waals surface area contributed by atoms with Gasteiger partial charge in [0.05, 0.1) is 24.0 Å². The molecule has 3 heterocycles. The highest BCUT2D eigenvalue weighted by Gasteiger charge is 2.32. The summed E-state index contributed by atoms with van der Waals surface area (Å²) in [6.07, 6.45) is 1.85. The number of carbonyl (C=O) groups excluding carboxylic acids is 2. The van der Waals surface area contributed by atoms with E-state index in [1.165, 1.54) is 0 Å². The molecule has 0 radical (unpaired) electrons. The van der Waals surface area contributed by atoms with Gasteiger partial charge in [0.25, 0.3) is 0 Å². The zero-order chi connectivity index (χ0) is 19.2. The molecule has 1 fully saturated rings. The maximum Gasteiger partial charge on any atom is 0.237 e. The van der Waals surface area contributed by atoms with Crippen molar-refractivity contribution in [2.75, 3.05) is 19.6 Å². The number of nitrogens with zero attached hydrogens (tertiary/aromatic N) is 2. The van der Waals surface area contributed by atoms with Gasteiger partial charge in [0, 0.05) is 37.1 Å². The van der Waals surface area contributed by atoms with Gasteiger partial charge < -0.3 is 15.1 Å². The molecule has 0 aliphatic carbocycles. The van der Waals surface area contributed by atoms with E-state index >= 15 is 0 Å². The van der Waals surface area contributed by atoms with Gasteiger partial charge in [-0.05, 0) is 32.4 Å². The Labute approximate surface area is 163 Å². The van der Waals surface area contributed by atoms with E-state index in [1.807, 2.05) is 36.3 Å². The molecule has 146 valence electrons. The van der Waals surface area contributed by atoms with Gasteiger partial charge in [-0.2, -0.15) is 0 Å². The minimum Gasteiger partial charge on any atom is -0.465 e. The molecule has 0 saturated carbocycles. The number of thiazole rings is 1. The van der Waals surface area contributed by atoms with E-state index in [-0.39, 0.29) is 18.2 Å². The summed E-state index contributed by atoms with van der Waals surface area (Å²) in [4.78, 5) is 31.0. The van der Waals surface area contributed by atoms with Crippen molar-refractivity contribution in [1.29, 1.82) is 0 Å². The molecule has 2 amide bonds. The first-order chi connectivity index (χ1) is 13.0. The van der Waals surface area contributed by atoms with Gasteiger partial charge >= 0.3 is 0 Å². The second-order valence-corrected chi connectivity index (χ2v) is 7.77. The van der Waals surface area contributed by atoms with Crippen molar-refractivity contribution in [3.05, 3.63) is 39.7 Å². The summed E-state index contributed by atoms with van der Waals surface area (Å²) in [6.45, 7) is 6.28. The third kappa shape index (κ3) is 5.64. The lowest BCUT2D eigenvalue weighted by atomic mass is 10.1. The molecule has 7 nitrogen and oxygen atoms in total. The van der Waals surface area contributed by atoms with E-state index in [2.05, 4.69) is 15.6 Å². The molecule has 3 rings (SSSR count). The number of rotatable bonds is 8. The highest BCUT2D eigenvalue weighted by molar-refractivity contribution is 7.09. The van der Waals surface area contributed by atoms with E-state index in [0.717, 1.165) is 35.1 Å². The van der Waals surface area contributed by atoms with E-state index in [0.29, 0.717) is 26.2 Å². The van der Waals surface area contributed by atoms with Crippen LogP contribution in [0.2, 0.25) is 0 Å². The number of carbonyl (C=O) groups is 2. The number of nitrogens with one attached hydrogen (secondary N) is 2. The van der Waals surface area contributed by atoms with Crippen LogP contribution in [0.25, 0.3) is 0 Å². The highest BCUT2D eigenvalue weighted by Crippen LogP contribution is 2.16. The fourth-order valence-corrected chi connectivity index (χ4v) is 3.99. The van der Waals surface area contributed by atoms with Crippen LogP contribution in [0, 0.1) is 13.8 Å². The van der Waals surface area contributed by atoms with Gasteiger partial charge in [-0.3, -0.25) is 14.5 Å². The lowest BCUT2D eigenvalue weighted by Gasteiger charge is -2.34. The van der Waals surface area contributed by atoms with E-state index in [1.54, 1.807) is 11.3 Å². The van der Waals surface area contributed by atoms with Crippen LogP contribution >= 0.6 is 11.3 Å². The molecule has 8 heteroatoms. The smallest absolute Gasteiger partial charge is 0.237 e. The Morgan fingerprint density at radius 3 is 3.00 bits per heavy atom. The SMILES string of the molecule is Cc1csc(CCCNC(=O)CC2C(=O)NCCN2Cc2ccc(C)o2)n1. The van der Waals surface area contributed by atoms with Gasteiger partial charge in [0.2, 0.25) is 11.8 Å². The van der Waals surface area contributed by atoms with Crippen molar-refractivity contribution in [3.63, 3.8) is 0 Å². The van der Waals surface area contributed by atoms with Crippen LogP contribution in [0.3, 0.4) is 0 Å². The number of aryl methyl sites for hydroxylation is 3. The molecule has 1 unspecified atom stereocenters. The third-order valence-corrected chi connectivity index (χ3v) is 5.56. The van der Waals surface area contributed by atoms with Crippen LogP contribution in [0.15, 0.2) is 21.9 Å². The Morgan fingerprint density at radius 2 is 2.30 bits per heavy atom. The maximum absolute atomic E-state index is 12.3. The minimum atomic E-state index is -0.467. The lowest BCUT2D eigenvalue weighted by Crippen LogP contribution is -2.56. The van der Waals surface area contributed by atoms with Gasteiger partial charge in [-0.25, -0.2) is 4.98 Å². The summed E-state index contributed by atoms with van der Waals surface area (Å²) in [5.74, 6) is 1.45. The van der Waals surface area contributed by atoms with Crippen LogP contribution in [-0.4, -0.2) is 47.4 Å². The van der Waals surface area contributed by atoms with Crippen LogP contribution in [0.5, 0.6) is 0 Å². The maximum atomic E-state index is 12.3. The Kier molecular flexibility index (Phi) is 6.63. The molecule has 2 aromatic rings. The van der Waals surface area contributed by atoms with Crippen molar-refractivity contribution in [3.8, 4) is 0 Å². The Balaban J connectivity index is 1.46. The zero-order valence-electron chi connectivity index (χ0n) is 15.8. The number of aromatic nitrogens is 1. The number of piperazine rings is 1. The monoisotopic (exact) mass is 390 g/mol. The average molecular weight is 391 g/mol. The first-order valence-corrected chi connectivity index (χ1v) is 10.1. The fourth-order valence-electron chi connectivity index (χ4n) is 3.18. The van der Waals surface area contributed by atoms with Crippen LogP contribution in [0.4, 0.5) is 0 Å². The van der Waals surface area contributed by atoms with Crippen LogP contribution in [0.1, 0.15) is 35.1 Å².